The fourth-order valence-electron chi connectivity index (χ4n) is 1.99. The average Bonchev–Trinajstić information content (AvgIpc) is 2.43. The Morgan fingerprint density at radius 2 is 2.19 bits per heavy atom. The molecule has 1 aliphatic heterocycles. The third-order valence-electron chi connectivity index (χ3n) is 3.05. The van der Waals surface area contributed by atoms with E-state index in [1.807, 2.05) is 0 Å². The first-order valence-electron chi connectivity index (χ1n) is 6.80. The summed E-state index contributed by atoms with van der Waals surface area (Å²) in [4.78, 5) is 21.0. The van der Waals surface area contributed by atoms with Crippen molar-refractivity contribution in [3.8, 4) is 5.75 Å². The summed E-state index contributed by atoms with van der Waals surface area (Å²) in [5.74, 6) is 0.227. The first-order valence-corrected chi connectivity index (χ1v) is 8.29. The van der Waals surface area contributed by atoms with Crippen LogP contribution in [0.4, 0.5) is 5.69 Å². The van der Waals surface area contributed by atoms with Crippen molar-refractivity contribution >= 4 is 19.4 Å². The molecule has 7 nitrogen and oxygen atoms in total. The summed E-state index contributed by atoms with van der Waals surface area (Å²) >= 11 is 0. The lowest BCUT2D eigenvalue weighted by atomic mass is 10.1. The zero-order chi connectivity index (χ0) is 15.3. The third kappa shape index (κ3) is 4.82. The Balaban J connectivity index is 1.91. The van der Waals surface area contributed by atoms with Crippen molar-refractivity contribution in [2.24, 2.45) is 5.73 Å². The molecule has 0 saturated heterocycles. The first kappa shape index (κ1) is 16.0. The van der Waals surface area contributed by atoms with Gasteiger partial charge in [0.1, 0.15) is 5.75 Å². The van der Waals surface area contributed by atoms with Crippen LogP contribution in [0.5, 0.6) is 5.75 Å². The average molecular weight is 314 g/mol. The van der Waals surface area contributed by atoms with E-state index in [4.69, 9.17) is 14.8 Å². The number of benzene rings is 1. The van der Waals surface area contributed by atoms with Crippen LogP contribution in [0.1, 0.15) is 31.2 Å². The Labute approximate surface area is 123 Å². The van der Waals surface area contributed by atoms with Crippen molar-refractivity contribution in [2.75, 3.05) is 11.9 Å². The van der Waals surface area contributed by atoms with Crippen LogP contribution in [0.15, 0.2) is 18.2 Å². The number of hydrogen-bond acceptors (Lipinski definition) is 5. The Bertz CT molecular complexity index is 563. The monoisotopic (exact) mass is 314 g/mol. The molecule has 116 valence electrons. The Kier molecular flexibility index (Phi) is 5.36. The number of nitrogens with one attached hydrogen (secondary N) is 1. The molecule has 1 aromatic rings. The van der Waals surface area contributed by atoms with Gasteiger partial charge >= 0.3 is 7.82 Å². The zero-order valence-corrected chi connectivity index (χ0v) is 12.5. The summed E-state index contributed by atoms with van der Waals surface area (Å²) < 4.78 is 20.8. The normalized spacial score (nSPS) is 20.5. The summed E-state index contributed by atoms with van der Waals surface area (Å²) in [6.07, 6.45) is 3.09. The maximum Gasteiger partial charge on any atom is 0.527 e. The molecule has 1 aliphatic rings. The minimum atomic E-state index is -3.98. The van der Waals surface area contributed by atoms with Crippen LogP contribution in [-0.2, 0) is 20.5 Å². The number of carbonyl (C=O) groups excluding carboxylic acids is 1. The van der Waals surface area contributed by atoms with E-state index in [0.29, 0.717) is 30.0 Å². The van der Waals surface area contributed by atoms with Gasteiger partial charge in [-0.2, -0.15) is 0 Å². The topological polar surface area (TPSA) is 111 Å². The van der Waals surface area contributed by atoms with E-state index in [0.717, 1.165) is 19.3 Å². The third-order valence-corrected chi connectivity index (χ3v) is 3.93. The molecule has 1 amide bonds. The zero-order valence-electron chi connectivity index (χ0n) is 11.6. The standard InChI is InChI=1S/C13H19N2O5P/c14-7-3-1-2-4-13(16)15-11-5-6-12-10(8-11)9-19-21(17,18)20-12/h5-6,8H,1-4,7,9,14H2,(H,15,16)(H,17,18). The van der Waals surface area contributed by atoms with Gasteiger partial charge in [0.25, 0.3) is 0 Å². The van der Waals surface area contributed by atoms with Crippen molar-refractivity contribution in [1.82, 2.24) is 0 Å². The van der Waals surface area contributed by atoms with Gasteiger partial charge in [0.2, 0.25) is 5.91 Å². The Hall–Kier alpha value is -1.40. The second-order valence-electron chi connectivity index (χ2n) is 4.80. The summed E-state index contributed by atoms with van der Waals surface area (Å²) in [7, 11) is -3.98. The molecule has 1 unspecified atom stereocenters. The number of carbonyl (C=O) groups is 1. The summed E-state index contributed by atoms with van der Waals surface area (Å²) in [5.41, 5.74) is 6.62. The molecule has 2 rings (SSSR count). The first-order chi connectivity index (χ1) is 10.00. The molecule has 1 aromatic carbocycles. The lowest BCUT2D eigenvalue weighted by Gasteiger charge is -2.21. The number of amides is 1. The van der Waals surface area contributed by atoms with Crippen molar-refractivity contribution in [3.05, 3.63) is 23.8 Å². The van der Waals surface area contributed by atoms with Crippen LogP contribution in [0.3, 0.4) is 0 Å². The second-order valence-corrected chi connectivity index (χ2v) is 6.18. The van der Waals surface area contributed by atoms with E-state index in [2.05, 4.69) is 5.32 Å². The highest BCUT2D eigenvalue weighted by atomic mass is 31.2. The summed E-state index contributed by atoms with van der Waals surface area (Å²) in [6, 6.07) is 4.85. The van der Waals surface area contributed by atoms with Gasteiger partial charge in [-0.3, -0.25) is 14.2 Å². The number of fused-ring (bicyclic) bond motifs is 1. The van der Waals surface area contributed by atoms with Gasteiger partial charge in [-0.15, -0.1) is 0 Å². The molecule has 0 saturated carbocycles. The highest BCUT2D eigenvalue weighted by Crippen LogP contribution is 2.50. The summed E-state index contributed by atoms with van der Waals surface area (Å²) in [6.45, 7) is 0.616. The minimum Gasteiger partial charge on any atom is -0.404 e. The maximum absolute atomic E-state index is 11.8. The number of unbranched alkanes of at least 4 members (excludes halogenated alkanes) is 2. The number of rotatable bonds is 6. The number of phosphoric ester groups is 1. The van der Waals surface area contributed by atoms with Crippen molar-refractivity contribution in [1.29, 1.82) is 0 Å². The number of nitrogens with two attached hydrogens (primary N) is 1. The molecule has 0 bridgehead atoms. The summed E-state index contributed by atoms with van der Waals surface area (Å²) in [5, 5.41) is 2.78. The minimum absolute atomic E-state index is 0.0245. The van der Waals surface area contributed by atoms with Crippen LogP contribution < -0.4 is 15.6 Å². The van der Waals surface area contributed by atoms with Crippen LogP contribution in [-0.4, -0.2) is 17.3 Å². The van der Waals surface area contributed by atoms with Gasteiger partial charge in [-0.05, 0) is 37.6 Å². The van der Waals surface area contributed by atoms with E-state index in [1.54, 1.807) is 18.2 Å². The van der Waals surface area contributed by atoms with E-state index in [-0.39, 0.29) is 12.5 Å². The molecular weight excluding hydrogens is 295 g/mol. The predicted molar refractivity (Wildman–Crippen MR) is 77.8 cm³/mol. The Morgan fingerprint density at radius 1 is 1.38 bits per heavy atom. The molecule has 21 heavy (non-hydrogen) atoms. The van der Waals surface area contributed by atoms with Gasteiger partial charge in [0.15, 0.2) is 0 Å². The van der Waals surface area contributed by atoms with Crippen molar-refractivity contribution in [3.63, 3.8) is 0 Å². The highest BCUT2D eigenvalue weighted by molar-refractivity contribution is 7.47. The predicted octanol–water partition coefficient (Wildman–Crippen LogP) is 2.15. The number of phosphoric acid groups is 1. The molecule has 0 radical (unpaired) electrons. The van der Waals surface area contributed by atoms with E-state index >= 15 is 0 Å². The van der Waals surface area contributed by atoms with Crippen LogP contribution in [0.2, 0.25) is 0 Å². The molecule has 1 heterocycles. The molecule has 0 aliphatic carbocycles. The number of hydrogen-bond donors (Lipinski definition) is 3. The smallest absolute Gasteiger partial charge is 0.404 e. The Morgan fingerprint density at radius 3 is 2.95 bits per heavy atom. The van der Waals surface area contributed by atoms with E-state index in [1.165, 1.54) is 0 Å². The van der Waals surface area contributed by atoms with Crippen molar-refractivity contribution < 1.29 is 23.3 Å². The second kappa shape index (κ2) is 7.04. The molecule has 0 fully saturated rings. The van der Waals surface area contributed by atoms with Crippen molar-refractivity contribution in [2.45, 2.75) is 32.3 Å². The van der Waals surface area contributed by atoms with Crippen LogP contribution in [0.25, 0.3) is 0 Å². The van der Waals surface area contributed by atoms with Gasteiger partial charge < -0.3 is 15.6 Å². The fourth-order valence-corrected chi connectivity index (χ4v) is 2.77. The largest absolute Gasteiger partial charge is 0.527 e. The fraction of sp³-hybridized carbons (Fsp3) is 0.462. The molecule has 4 N–H and O–H groups in total. The quantitative estimate of drug-likeness (QED) is 0.548. The van der Waals surface area contributed by atoms with E-state index < -0.39 is 7.82 Å². The van der Waals surface area contributed by atoms with Gasteiger partial charge in [0.05, 0.1) is 6.61 Å². The number of anilines is 1. The van der Waals surface area contributed by atoms with Gasteiger partial charge in [-0.1, -0.05) is 6.42 Å². The molecule has 0 spiro atoms. The van der Waals surface area contributed by atoms with Crippen LogP contribution >= 0.6 is 7.82 Å². The molecule has 1 atom stereocenters. The van der Waals surface area contributed by atoms with Gasteiger partial charge in [-0.25, -0.2) is 4.57 Å². The van der Waals surface area contributed by atoms with E-state index in [9.17, 15) is 14.3 Å². The highest BCUT2D eigenvalue weighted by Gasteiger charge is 2.29. The SMILES string of the molecule is NCCCCCC(=O)Nc1ccc2c(c1)COP(=O)(O)O2. The van der Waals surface area contributed by atoms with Crippen LogP contribution in [0, 0.1) is 0 Å². The molecular formula is C13H19N2O5P. The molecule has 8 heteroatoms. The lowest BCUT2D eigenvalue weighted by Crippen LogP contribution is -2.13. The lowest BCUT2D eigenvalue weighted by molar-refractivity contribution is -0.116. The maximum atomic E-state index is 11.8. The van der Waals surface area contributed by atoms with Gasteiger partial charge in [0, 0.05) is 17.7 Å². The molecule has 0 aromatic heterocycles.